The molecule has 53 heavy (non-hydrogen) atoms. The van der Waals surface area contributed by atoms with Crippen molar-refractivity contribution in [1.29, 1.82) is 0 Å². The number of nitrogens with zero attached hydrogens (tertiary/aromatic N) is 4. The lowest BCUT2D eigenvalue weighted by atomic mass is 9.86. The molecule has 4 saturated heterocycles. The smallest absolute Gasteiger partial charge is 0.416 e. The fraction of sp³-hybridized carbons (Fsp3) is 0.625. The summed E-state index contributed by atoms with van der Waals surface area (Å²) in [7, 11) is 4.59. The molecule has 2 amide bonds. The summed E-state index contributed by atoms with van der Waals surface area (Å²) in [4.78, 5) is 47.6. The molecule has 0 unspecified atom stereocenters. The first-order valence-electron chi connectivity index (χ1n) is 18.9. The molecule has 4 heterocycles. The van der Waals surface area contributed by atoms with Gasteiger partial charge >= 0.3 is 12.1 Å². The molecule has 2 aromatic carbocycles. The minimum atomic E-state index is -4.52. The number of ether oxygens (including phenoxy) is 3. The van der Waals surface area contributed by atoms with Crippen molar-refractivity contribution >= 4 is 23.5 Å². The third-order valence-corrected chi connectivity index (χ3v) is 12.1. The molecule has 4 atom stereocenters. The monoisotopic (exact) mass is 742 g/mol. The topological polar surface area (TPSA) is 91.9 Å². The predicted octanol–water partition coefficient (Wildman–Crippen LogP) is 5.41. The molecule has 0 spiro atoms. The van der Waals surface area contributed by atoms with Crippen LogP contribution >= 0.6 is 0 Å². The molecule has 0 saturated carbocycles. The second-order valence-corrected chi connectivity index (χ2v) is 15.0. The Morgan fingerprint density at radius 2 is 1.51 bits per heavy atom. The van der Waals surface area contributed by atoms with Crippen molar-refractivity contribution < 1.29 is 41.8 Å². The van der Waals surface area contributed by atoms with E-state index in [2.05, 4.69) is 4.90 Å². The Morgan fingerprint density at radius 3 is 2.11 bits per heavy atom. The summed E-state index contributed by atoms with van der Waals surface area (Å²) >= 11 is 0. The average Bonchev–Trinajstić information content (AvgIpc) is 3.82. The zero-order valence-corrected chi connectivity index (χ0v) is 31.3. The summed E-state index contributed by atoms with van der Waals surface area (Å²) in [6.45, 7) is 6.63. The standard InChI is InChI=1S/C40H53F3N4O6/c1-5-37(48)45-18-14-30(15-19-45)46-22-33(26-6-9-31(52-3)10-7-26)35(24-46)38(49)47-21-28(25-51-2)34(23-47)32-11-8-29(40(41,42)43)20-36(32)44-16-12-27(13-17-44)39(50)53-4/h6-11,20,27-28,30,33-35H,5,12-19,21-25H2,1-4H3/t28-,33+,34+,35-/m1/s1. The number of rotatable bonds is 10. The molecule has 290 valence electrons. The van der Waals surface area contributed by atoms with E-state index in [4.69, 9.17) is 14.2 Å². The number of esters is 1. The fourth-order valence-electron chi connectivity index (χ4n) is 9.13. The average molecular weight is 743 g/mol. The van der Waals surface area contributed by atoms with E-state index in [1.165, 1.54) is 13.2 Å². The van der Waals surface area contributed by atoms with Crippen LogP contribution in [0.25, 0.3) is 0 Å². The number of hydrogen-bond donors (Lipinski definition) is 0. The van der Waals surface area contributed by atoms with E-state index >= 15 is 0 Å². The maximum absolute atomic E-state index is 14.8. The van der Waals surface area contributed by atoms with E-state index in [1.54, 1.807) is 20.3 Å². The van der Waals surface area contributed by atoms with E-state index in [1.807, 2.05) is 45.9 Å². The molecule has 10 nitrogen and oxygen atoms in total. The Bertz CT molecular complexity index is 1590. The number of amides is 2. The van der Waals surface area contributed by atoms with Gasteiger partial charge in [-0.25, -0.2) is 0 Å². The molecule has 0 radical (unpaired) electrons. The van der Waals surface area contributed by atoms with E-state index in [-0.39, 0.29) is 53.4 Å². The Kier molecular flexibility index (Phi) is 12.2. The van der Waals surface area contributed by atoms with E-state index in [0.717, 1.165) is 42.3 Å². The van der Waals surface area contributed by atoms with Crippen LogP contribution in [0.1, 0.15) is 67.6 Å². The molecule has 6 rings (SSSR count). The Balaban J connectivity index is 1.26. The number of likely N-dealkylation sites (tertiary alicyclic amines) is 3. The second-order valence-electron chi connectivity index (χ2n) is 15.0. The van der Waals surface area contributed by atoms with Gasteiger partial charge in [-0.1, -0.05) is 25.1 Å². The van der Waals surface area contributed by atoms with Crippen LogP contribution in [-0.4, -0.2) is 119 Å². The molecular formula is C40H53F3N4O6. The Morgan fingerprint density at radius 1 is 0.811 bits per heavy atom. The van der Waals surface area contributed by atoms with Gasteiger partial charge in [-0.05, 0) is 61.1 Å². The van der Waals surface area contributed by atoms with E-state index in [0.29, 0.717) is 77.4 Å². The molecule has 4 fully saturated rings. The van der Waals surface area contributed by atoms with Crippen molar-refractivity contribution in [2.24, 2.45) is 17.8 Å². The first-order chi connectivity index (χ1) is 25.4. The van der Waals surface area contributed by atoms with Crippen molar-refractivity contribution in [3.05, 3.63) is 59.2 Å². The van der Waals surface area contributed by atoms with E-state index in [9.17, 15) is 27.6 Å². The van der Waals surface area contributed by atoms with Gasteiger partial charge in [0, 0.05) is 95.4 Å². The lowest BCUT2D eigenvalue weighted by Gasteiger charge is -2.37. The second kappa shape index (κ2) is 16.7. The van der Waals surface area contributed by atoms with Crippen molar-refractivity contribution in [3.8, 4) is 5.75 Å². The van der Waals surface area contributed by atoms with Gasteiger partial charge in [0.15, 0.2) is 0 Å². The minimum absolute atomic E-state index is 0.0443. The number of hydrogen-bond acceptors (Lipinski definition) is 8. The number of piperidine rings is 2. The first kappa shape index (κ1) is 38.9. The summed E-state index contributed by atoms with van der Waals surface area (Å²) in [6.07, 6.45) is -1.34. The minimum Gasteiger partial charge on any atom is -0.497 e. The van der Waals surface area contributed by atoms with Gasteiger partial charge in [0.25, 0.3) is 0 Å². The number of alkyl halides is 3. The Hall–Kier alpha value is -3.84. The van der Waals surface area contributed by atoms with Gasteiger partial charge in [-0.2, -0.15) is 13.2 Å². The third-order valence-electron chi connectivity index (χ3n) is 12.1. The normalized spacial score (nSPS) is 24.8. The maximum atomic E-state index is 14.8. The highest BCUT2D eigenvalue weighted by Crippen LogP contribution is 2.44. The van der Waals surface area contributed by atoms with Crippen LogP contribution in [0.2, 0.25) is 0 Å². The van der Waals surface area contributed by atoms with Gasteiger partial charge in [0.1, 0.15) is 5.75 Å². The molecular weight excluding hydrogens is 689 g/mol. The first-order valence-corrected chi connectivity index (χ1v) is 18.9. The largest absolute Gasteiger partial charge is 0.497 e. The van der Waals surface area contributed by atoms with E-state index < -0.39 is 11.7 Å². The number of methoxy groups -OCH3 is 3. The van der Waals surface area contributed by atoms with Gasteiger partial charge in [0.2, 0.25) is 11.8 Å². The summed E-state index contributed by atoms with van der Waals surface area (Å²) in [6, 6.07) is 12.1. The third kappa shape index (κ3) is 8.46. The van der Waals surface area contributed by atoms with Gasteiger partial charge in [-0.3, -0.25) is 19.3 Å². The predicted molar refractivity (Wildman–Crippen MR) is 194 cm³/mol. The van der Waals surface area contributed by atoms with Crippen LogP contribution in [0.3, 0.4) is 0 Å². The van der Waals surface area contributed by atoms with Crippen molar-refractivity contribution in [2.45, 2.75) is 63.1 Å². The molecule has 2 aromatic rings. The highest BCUT2D eigenvalue weighted by molar-refractivity contribution is 5.81. The van der Waals surface area contributed by atoms with Gasteiger partial charge in [-0.15, -0.1) is 0 Å². The number of carbonyl (C=O) groups excluding carboxylic acids is 3. The number of halogens is 3. The quantitative estimate of drug-likeness (QED) is 0.299. The number of benzene rings is 2. The lowest BCUT2D eigenvalue weighted by Crippen LogP contribution is -2.46. The van der Waals surface area contributed by atoms with Crippen LogP contribution in [-0.2, 0) is 30.0 Å². The van der Waals surface area contributed by atoms with Gasteiger partial charge < -0.3 is 28.9 Å². The molecule has 0 aliphatic carbocycles. The van der Waals surface area contributed by atoms with Crippen molar-refractivity contribution in [3.63, 3.8) is 0 Å². The molecule has 4 aliphatic heterocycles. The zero-order valence-electron chi connectivity index (χ0n) is 31.3. The molecule has 13 heteroatoms. The van der Waals surface area contributed by atoms with Crippen LogP contribution in [0.4, 0.5) is 18.9 Å². The van der Waals surface area contributed by atoms with Gasteiger partial charge in [0.05, 0.1) is 38.2 Å². The van der Waals surface area contributed by atoms with Crippen molar-refractivity contribution in [1.82, 2.24) is 14.7 Å². The fourth-order valence-corrected chi connectivity index (χ4v) is 9.13. The molecule has 0 aromatic heterocycles. The van der Waals surface area contributed by atoms with Crippen LogP contribution in [0.5, 0.6) is 5.75 Å². The molecule has 4 aliphatic rings. The summed E-state index contributed by atoms with van der Waals surface area (Å²) < 4.78 is 58.2. The number of anilines is 1. The van der Waals surface area contributed by atoms with Crippen LogP contribution in [0, 0.1) is 17.8 Å². The van der Waals surface area contributed by atoms with Crippen molar-refractivity contribution in [2.75, 3.05) is 85.2 Å². The maximum Gasteiger partial charge on any atom is 0.416 e. The van der Waals surface area contributed by atoms with Crippen LogP contribution < -0.4 is 9.64 Å². The summed E-state index contributed by atoms with van der Waals surface area (Å²) in [5, 5.41) is 0. The summed E-state index contributed by atoms with van der Waals surface area (Å²) in [5.74, 6) is -0.362. The zero-order chi connectivity index (χ0) is 37.9. The highest BCUT2D eigenvalue weighted by atomic mass is 19.4. The molecule has 0 N–H and O–H groups in total. The highest BCUT2D eigenvalue weighted by Gasteiger charge is 2.47. The molecule has 0 bridgehead atoms. The number of carbonyl (C=O) groups is 3. The Labute approximate surface area is 310 Å². The van der Waals surface area contributed by atoms with Crippen LogP contribution in [0.15, 0.2) is 42.5 Å². The summed E-state index contributed by atoms with van der Waals surface area (Å²) in [5.41, 5.74) is 1.60. The lowest BCUT2D eigenvalue weighted by molar-refractivity contribution is -0.146. The SMILES string of the molecule is CCC(=O)N1CCC(N2C[C@@H](C(=O)N3C[C@H](COC)[C@@H](c4ccc(C(F)(F)F)cc4N4CCC(C(=O)OC)CC4)C3)[C@H](c3ccc(OC)cc3)C2)CC1.